The number of aromatic nitrogens is 3. The Bertz CT molecular complexity index is 1030. The average Bonchev–Trinajstić information content (AvgIpc) is 3.22. The summed E-state index contributed by atoms with van der Waals surface area (Å²) in [7, 11) is 0. The predicted octanol–water partition coefficient (Wildman–Crippen LogP) is 3.87. The normalized spacial score (nSPS) is 12.4. The zero-order valence-electron chi connectivity index (χ0n) is 16.5. The third kappa shape index (κ3) is 4.20. The molecule has 144 valence electrons. The SMILES string of the molecule is CCOCCn1c(=NC(=O)c2ccn(C(C)C)n2)sc2cc(C)c(C)cc21. The van der Waals surface area contributed by atoms with Crippen LogP contribution >= 0.6 is 11.3 Å². The largest absolute Gasteiger partial charge is 0.380 e. The van der Waals surface area contributed by atoms with Gasteiger partial charge in [-0.2, -0.15) is 10.1 Å². The standard InChI is InChI=1S/C20H26N4O2S/c1-6-26-10-9-23-17-11-14(4)15(5)12-18(17)27-20(23)21-19(25)16-7-8-24(22-16)13(2)3/h7-8,11-13H,6,9-10H2,1-5H3. The zero-order chi connectivity index (χ0) is 19.6. The highest BCUT2D eigenvalue weighted by atomic mass is 32.1. The molecule has 0 saturated heterocycles. The van der Waals surface area contributed by atoms with Crippen molar-refractivity contribution >= 4 is 27.5 Å². The maximum absolute atomic E-state index is 12.7. The van der Waals surface area contributed by atoms with Crippen LogP contribution in [0.2, 0.25) is 0 Å². The number of rotatable bonds is 6. The predicted molar refractivity (Wildman–Crippen MR) is 108 cm³/mol. The van der Waals surface area contributed by atoms with E-state index in [0.29, 0.717) is 30.3 Å². The van der Waals surface area contributed by atoms with Crippen LogP contribution < -0.4 is 4.80 Å². The number of thiazole rings is 1. The molecule has 0 atom stereocenters. The molecule has 0 bridgehead atoms. The third-order valence-corrected chi connectivity index (χ3v) is 5.56. The van der Waals surface area contributed by atoms with Gasteiger partial charge < -0.3 is 9.30 Å². The van der Waals surface area contributed by atoms with Crippen LogP contribution in [0, 0.1) is 13.8 Å². The van der Waals surface area contributed by atoms with E-state index < -0.39 is 0 Å². The summed E-state index contributed by atoms with van der Waals surface area (Å²) in [5.41, 5.74) is 3.90. The van der Waals surface area contributed by atoms with E-state index in [1.807, 2.05) is 27.0 Å². The molecule has 0 aliphatic carbocycles. The summed E-state index contributed by atoms with van der Waals surface area (Å²) in [6.45, 7) is 12.1. The molecule has 0 saturated carbocycles. The molecule has 1 amide bonds. The minimum atomic E-state index is -0.320. The van der Waals surface area contributed by atoms with Gasteiger partial charge in [-0.1, -0.05) is 11.3 Å². The number of benzene rings is 1. The van der Waals surface area contributed by atoms with Gasteiger partial charge in [0.2, 0.25) is 0 Å². The second-order valence-corrected chi connectivity index (χ2v) is 7.84. The van der Waals surface area contributed by atoms with Gasteiger partial charge in [0.05, 0.1) is 16.8 Å². The molecular weight excluding hydrogens is 360 g/mol. The van der Waals surface area contributed by atoms with Crippen molar-refractivity contribution in [2.45, 2.75) is 47.2 Å². The van der Waals surface area contributed by atoms with Crippen molar-refractivity contribution in [3.8, 4) is 0 Å². The number of fused-ring (bicyclic) bond motifs is 1. The Balaban J connectivity index is 2.06. The van der Waals surface area contributed by atoms with Crippen molar-refractivity contribution in [1.29, 1.82) is 0 Å². The van der Waals surface area contributed by atoms with E-state index in [1.165, 1.54) is 22.5 Å². The lowest BCUT2D eigenvalue weighted by atomic mass is 10.1. The summed E-state index contributed by atoms with van der Waals surface area (Å²) in [5, 5.41) is 4.34. The Morgan fingerprint density at radius 3 is 2.70 bits per heavy atom. The fourth-order valence-electron chi connectivity index (χ4n) is 2.81. The van der Waals surface area contributed by atoms with Gasteiger partial charge in [-0.15, -0.1) is 0 Å². The first-order valence-corrected chi connectivity index (χ1v) is 10.0. The number of carbonyl (C=O) groups is 1. The van der Waals surface area contributed by atoms with Gasteiger partial charge in [-0.3, -0.25) is 9.48 Å². The van der Waals surface area contributed by atoms with Gasteiger partial charge >= 0.3 is 0 Å². The number of hydrogen-bond donors (Lipinski definition) is 0. The smallest absolute Gasteiger partial charge is 0.300 e. The number of hydrogen-bond acceptors (Lipinski definition) is 4. The molecular formula is C20H26N4O2S. The lowest BCUT2D eigenvalue weighted by molar-refractivity contribution is 0.0991. The van der Waals surface area contributed by atoms with Gasteiger partial charge in [0, 0.05) is 25.4 Å². The van der Waals surface area contributed by atoms with Crippen LogP contribution in [0.3, 0.4) is 0 Å². The summed E-state index contributed by atoms with van der Waals surface area (Å²) >= 11 is 1.53. The van der Waals surface area contributed by atoms with Crippen LogP contribution in [-0.2, 0) is 11.3 Å². The lowest BCUT2D eigenvalue weighted by Gasteiger charge is -2.07. The third-order valence-electron chi connectivity index (χ3n) is 4.52. The molecule has 7 heteroatoms. The molecule has 0 unspecified atom stereocenters. The summed E-state index contributed by atoms with van der Waals surface area (Å²) in [4.78, 5) is 17.7. The summed E-state index contributed by atoms with van der Waals surface area (Å²) in [6, 6.07) is 6.24. The van der Waals surface area contributed by atoms with Crippen molar-refractivity contribution in [2.75, 3.05) is 13.2 Å². The van der Waals surface area contributed by atoms with Crippen molar-refractivity contribution in [1.82, 2.24) is 14.3 Å². The van der Waals surface area contributed by atoms with E-state index in [4.69, 9.17) is 4.74 Å². The van der Waals surface area contributed by atoms with Crippen LogP contribution in [0.15, 0.2) is 29.4 Å². The molecule has 27 heavy (non-hydrogen) atoms. The summed E-state index contributed by atoms with van der Waals surface area (Å²) < 4.78 is 10.5. The van der Waals surface area contributed by atoms with Gasteiger partial charge in [-0.05, 0) is 63.9 Å². The molecule has 0 radical (unpaired) electrons. The number of ether oxygens (including phenoxy) is 1. The molecule has 0 aliphatic rings. The molecule has 0 aliphatic heterocycles. The van der Waals surface area contributed by atoms with Crippen LogP contribution in [0.4, 0.5) is 0 Å². The van der Waals surface area contributed by atoms with E-state index >= 15 is 0 Å². The van der Waals surface area contributed by atoms with E-state index in [9.17, 15) is 4.79 Å². The van der Waals surface area contributed by atoms with E-state index in [1.54, 1.807) is 10.7 Å². The first-order valence-electron chi connectivity index (χ1n) is 9.23. The fraction of sp³-hybridized carbons (Fsp3) is 0.450. The second kappa shape index (κ2) is 8.19. The Hall–Kier alpha value is -2.25. The Morgan fingerprint density at radius 1 is 1.30 bits per heavy atom. The topological polar surface area (TPSA) is 61.4 Å². The first-order chi connectivity index (χ1) is 12.9. The number of aryl methyl sites for hydroxylation is 2. The molecule has 0 spiro atoms. The fourth-order valence-corrected chi connectivity index (χ4v) is 3.94. The van der Waals surface area contributed by atoms with Crippen LogP contribution in [0.25, 0.3) is 10.2 Å². The van der Waals surface area contributed by atoms with Crippen molar-refractivity contribution in [2.24, 2.45) is 4.99 Å². The maximum Gasteiger partial charge on any atom is 0.300 e. The molecule has 6 nitrogen and oxygen atoms in total. The minimum Gasteiger partial charge on any atom is -0.380 e. The number of nitrogens with zero attached hydrogens (tertiary/aromatic N) is 4. The summed E-state index contributed by atoms with van der Waals surface area (Å²) in [5.74, 6) is -0.320. The molecule has 2 heterocycles. The first kappa shape index (κ1) is 19.5. The Morgan fingerprint density at radius 2 is 2.04 bits per heavy atom. The quantitative estimate of drug-likeness (QED) is 0.604. The van der Waals surface area contributed by atoms with Crippen molar-refractivity contribution in [3.63, 3.8) is 0 Å². The highest BCUT2D eigenvalue weighted by Crippen LogP contribution is 2.22. The van der Waals surface area contributed by atoms with Gasteiger partial charge in [0.25, 0.3) is 5.91 Å². The Labute approximate surface area is 163 Å². The monoisotopic (exact) mass is 386 g/mol. The molecule has 3 aromatic rings. The van der Waals surface area contributed by atoms with Crippen LogP contribution in [0.5, 0.6) is 0 Å². The zero-order valence-corrected chi connectivity index (χ0v) is 17.3. The minimum absolute atomic E-state index is 0.206. The lowest BCUT2D eigenvalue weighted by Crippen LogP contribution is -2.20. The molecule has 2 aromatic heterocycles. The Kier molecular flexibility index (Phi) is 5.92. The van der Waals surface area contributed by atoms with Gasteiger partial charge in [0.1, 0.15) is 0 Å². The van der Waals surface area contributed by atoms with E-state index in [0.717, 1.165) is 10.2 Å². The maximum atomic E-state index is 12.7. The average molecular weight is 387 g/mol. The number of amides is 1. The second-order valence-electron chi connectivity index (χ2n) is 6.83. The van der Waals surface area contributed by atoms with E-state index in [2.05, 4.69) is 40.6 Å². The molecule has 1 aromatic carbocycles. The highest BCUT2D eigenvalue weighted by Gasteiger charge is 2.13. The van der Waals surface area contributed by atoms with Crippen LogP contribution in [-0.4, -0.2) is 33.5 Å². The summed E-state index contributed by atoms with van der Waals surface area (Å²) in [6.07, 6.45) is 1.81. The molecule has 0 fully saturated rings. The highest BCUT2D eigenvalue weighted by molar-refractivity contribution is 7.16. The van der Waals surface area contributed by atoms with Gasteiger partial charge in [0.15, 0.2) is 10.5 Å². The van der Waals surface area contributed by atoms with Gasteiger partial charge in [-0.25, -0.2) is 0 Å². The molecule has 0 N–H and O–H groups in total. The number of carbonyl (C=O) groups excluding carboxylic acids is 1. The van der Waals surface area contributed by atoms with Crippen molar-refractivity contribution in [3.05, 3.63) is 46.0 Å². The van der Waals surface area contributed by atoms with Crippen LogP contribution in [0.1, 0.15) is 48.4 Å². The van der Waals surface area contributed by atoms with E-state index in [-0.39, 0.29) is 11.9 Å². The molecule has 3 rings (SSSR count). The van der Waals surface area contributed by atoms with Crippen molar-refractivity contribution < 1.29 is 9.53 Å².